The van der Waals surface area contributed by atoms with Crippen molar-refractivity contribution in [1.29, 1.82) is 0 Å². The Labute approximate surface area is 149 Å². The Balaban J connectivity index is 1.33. The fraction of sp³-hybridized carbons (Fsp3) is 0.500. The fourth-order valence-electron chi connectivity index (χ4n) is 4.07. The van der Waals surface area contributed by atoms with Crippen LogP contribution in [-0.4, -0.2) is 34.6 Å². The maximum atomic E-state index is 6.16. The molecule has 25 heavy (non-hydrogen) atoms. The van der Waals surface area contributed by atoms with Crippen molar-refractivity contribution < 1.29 is 4.74 Å². The molecular weight excluding hydrogens is 312 g/mol. The lowest BCUT2D eigenvalue weighted by molar-refractivity contribution is 0.245. The predicted molar refractivity (Wildman–Crippen MR) is 97.4 cm³/mol. The van der Waals surface area contributed by atoms with E-state index in [-0.39, 0.29) is 6.04 Å². The molecule has 2 atom stereocenters. The summed E-state index contributed by atoms with van der Waals surface area (Å²) in [6.45, 7) is 3.10. The van der Waals surface area contributed by atoms with Crippen molar-refractivity contribution in [3.63, 3.8) is 0 Å². The highest BCUT2D eigenvalue weighted by Gasteiger charge is 2.29. The molecule has 4 rings (SSSR count). The van der Waals surface area contributed by atoms with Gasteiger partial charge in [-0.2, -0.15) is 0 Å². The minimum absolute atomic E-state index is 0.114. The molecule has 0 spiro atoms. The Morgan fingerprint density at radius 2 is 2.12 bits per heavy atom. The molecule has 2 unspecified atom stereocenters. The number of aryl methyl sites for hydroxylation is 1. The second-order valence-corrected chi connectivity index (χ2v) is 7.04. The van der Waals surface area contributed by atoms with Crippen LogP contribution in [0.5, 0.6) is 5.75 Å². The number of nitrogens with zero attached hydrogens (tertiary/aromatic N) is 3. The van der Waals surface area contributed by atoms with Crippen LogP contribution in [0.1, 0.15) is 54.6 Å². The minimum atomic E-state index is -0.114. The van der Waals surface area contributed by atoms with E-state index in [1.54, 1.807) is 6.20 Å². The summed E-state index contributed by atoms with van der Waals surface area (Å²) in [5.41, 5.74) is 9.98. The summed E-state index contributed by atoms with van der Waals surface area (Å²) in [6, 6.07) is 8.98. The van der Waals surface area contributed by atoms with E-state index in [1.807, 2.05) is 6.07 Å². The van der Waals surface area contributed by atoms with Gasteiger partial charge in [-0.3, -0.25) is 4.90 Å². The number of aromatic nitrogens is 2. The first kappa shape index (κ1) is 16.5. The lowest BCUT2D eigenvalue weighted by Gasteiger charge is -2.24. The number of benzene rings is 1. The summed E-state index contributed by atoms with van der Waals surface area (Å²) in [5.74, 6) is 0.954. The first-order valence-corrected chi connectivity index (χ1v) is 9.32. The number of rotatable bonds is 6. The van der Waals surface area contributed by atoms with Gasteiger partial charge in [-0.1, -0.05) is 6.07 Å². The average Bonchev–Trinajstić information content (AvgIpc) is 3.31. The largest absolute Gasteiger partial charge is 0.494 e. The molecule has 0 bridgehead atoms. The van der Waals surface area contributed by atoms with Gasteiger partial charge in [0.2, 0.25) is 0 Å². The van der Waals surface area contributed by atoms with Gasteiger partial charge in [0.25, 0.3) is 0 Å². The third-order valence-electron chi connectivity index (χ3n) is 5.42. The smallest absolute Gasteiger partial charge is 0.119 e. The number of likely N-dealkylation sites (tertiary alicyclic amines) is 1. The summed E-state index contributed by atoms with van der Waals surface area (Å²) in [5, 5.41) is 0. The molecule has 2 N–H and O–H groups in total. The molecule has 5 nitrogen and oxygen atoms in total. The molecule has 1 aromatic carbocycles. The van der Waals surface area contributed by atoms with Crippen LogP contribution in [0.25, 0.3) is 0 Å². The highest BCUT2D eigenvalue weighted by Crippen LogP contribution is 2.38. The van der Waals surface area contributed by atoms with Gasteiger partial charge in [0.05, 0.1) is 18.3 Å². The van der Waals surface area contributed by atoms with Gasteiger partial charge < -0.3 is 10.5 Å². The van der Waals surface area contributed by atoms with Crippen LogP contribution in [0.2, 0.25) is 0 Å². The van der Waals surface area contributed by atoms with E-state index in [9.17, 15) is 0 Å². The van der Waals surface area contributed by atoms with Crippen molar-refractivity contribution in [3.05, 3.63) is 53.6 Å². The second-order valence-electron chi connectivity index (χ2n) is 7.04. The summed E-state index contributed by atoms with van der Waals surface area (Å²) >= 11 is 0. The molecule has 1 aliphatic heterocycles. The average molecular weight is 338 g/mol. The van der Waals surface area contributed by atoms with Crippen LogP contribution < -0.4 is 10.5 Å². The van der Waals surface area contributed by atoms with Crippen molar-refractivity contribution in [2.24, 2.45) is 5.73 Å². The molecule has 1 aromatic heterocycles. The Kier molecular flexibility index (Phi) is 4.95. The lowest BCUT2D eigenvalue weighted by atomic mass is 10.1. The van der Waals surface area contributed by atoms with E-state index in [0.29, 0.717) is 12.6 Å². The molecule has 132 valence electrons. The van der Waals surface area contributed by atoms with Crippen LogP contribution in [0.15, 0.2) is 36.8 Å². The molecule has 0 saturated carbocycles. The van der Waals surface area contributed by atoms with E-state index < -0.39 is 0 Å². The van der Waals surface area contributed by atoms with Crippen LogP contribution in [0.4, 0.5) is 0 Å². The Morgan fingerprint density at radius 1 is 1.24 bits per heavy atom. The van der Waals surface area contributed by atoms with E-state index in [4.69, 9.17) is 10.5 Å². The lowest BCUT2D eigenvalue weighted by Crippen LogP contribution is -2.23. The number of fused-ring (bicyclic) bond motifs is 1. The Bertz CT molecular complexity index is 700. The number of hydrogen-bond acceptors (Lipinski definition) is 5. The normalized spacial score (nSPS) is 21.2. The van der Waals surface area contributed by atoms with Gasteiger partial charge in [0.1, 0.15) is 12.1 Å². The number of nitrogens with two attached hydrogens (primary N) is 1. The zero-order chi connectivity index (χ0) is 17.1. The van der Waals surface area contributed by atoms with Crippen molar-refractivity contribution >= 4 is 0 Å². The minimum Gasteiger partial charge on any atom is -0.494 e. The van der Waals surface area contributed by atoms with Gasteiger partial charge in [0, 0.05) is 18.7 Å². The fourth-order valence-corrected chi connectivity index (χ4v) is 4.07. The van der Waals surface area contributed by atoms with Crippen molar-refractivity contribution in [2.45, 2.75) is 44.2 Å². The SMILES string of the molecule is NC(CCOc1ccc2c(c1)CCC2N1CCCC1)c1ccncn1. The summed E-state index contributed by atoms with van der Waals surface area (Å²) in [6.07, 6.45) is 9.10. The third-order valence-corrected chi connectivity index (χ3v) is 5.42. The maximum Gasteiger partial charge on any atom is 0.119 e. The molecular formula is C20H26N4O. The van der Waals surface area contributed by atoms with Gasteiger partial charge in [-0.25, -0.2) is 9.97 Å². The monoisotopic (exact) mass is 338 g/mol. The molecule has 1 saturated heterocycles. The summed E-state index contributed by atoms with van der Waals surface area (Å²) < 4.78 is 5.95. The third kappa shape index (κ3) is 3.67. The molecule has 2 heterocycles. The zero-order valence-corrected chi connectivity index (χ0v) is 14.6. The van der Waals surface area contributed by atoms with E-state index in [0.717, 1.165) is 24.3 Å². The molecule has 1 aliphatic carbocycles. The summed E-state index contributed by atoms with van der Waals surface area (Å²) in [7, 11) is 0. The molecule has 0 radical (unpaired) electrons. The van der Waals surface area contributed by atoms with E-state index in [1.165, 1.54) is 49.8 Å². The predicted octanol–water partition coefficient (Wildman–Crippen LogP) is 3.03. The number of hydrogen-bond donors (Lipinski definition) is 1. The van der Waals surface area contributed by atoms with Crippen LogP contribution in [0.3, 0.4) is 0 Å². The Morgan fingerprint density at radius 3 is 2.92 bits per heavy atom. The highest BCUT2D eigenvalue weighted by atomic mass is 16.5. The van der Waals surface area contributed by atoms with Gasteiger partial charge in [-0.05, 0) is 68.1 Å². The van der Waals surface area contributed by atoms with Gasteiger partial charge in [-0.15, -0.1) is 0 Å². The number of ether oxygens (including phenoxy) is 1. The van der Waals surface area contributed by atoms with Crippen molar-refractivity contribution in [3.8, 4) is 5.75 Å². The van der Waals surface area contributed by atoms with E-state index >= 15 is 0 Å². The summed E-state index contributed by atoms with van der Waals surface area (Å²) in [4.78, 5) is 10.8. The molecule has 0 amide bonds. The van der Waals surface area contributed by atoms with Crippen LogP contribution in [-0.2, 0) is 6.42 Å². The maximum absolute atomic E-state index is 6.16. The van der Waals surface area contributed by atoms with Crippen molar-refractivity contribution in [2.75, 3.05) is 19.7 Å². The van der Waals surface area contributed by atoms with Crippen LogP contribution in [0, 0.1) is 0 Å². The quantitative estimate of drug-likeness (QED) is 0.877. The van der Waals surface area contributed by atoms with Gasteiger partial charge in [0.15, 0.2) is 0 Å². The zero-order valence-electron chi connectivity index (χ0n) is 14.6. The molecule has 2 aromatic rings. The molecule has 5 heteroatoms. The highest BCUT2D eigenvalue weighted by molar-refractivity contribution is 5.40. The van der Waals surface area contributed by atoms with E-state index in [2.05, 4.69) is 33.1 Å². The van der Waals surface area contributed by atoms with Crippen molar-refractivity contribution in [1.82, 2.24) is 14.9 Å². The molecule has 1 fully saturated rings. The standard InChI is InChI=1S/C20H26N4O/c21-18(19-7-9-22-14-23-19)8-12-25-16-4-5-17-15(13-16)3-6-20(17)24-10-1-2-11-24/h4-5,7,9,13-14,18,20H,1-3,6,8,10-12,21H2. The van der Waals surface area contributed by atoms with Gasteiger partial charge >= 0.3 is 0 Å². The first-order chi connectivity index (χ1) is 12.3. The topological polar surface area (TPSA) is 64.3 Å². The molecule has 2 aliphatic rings. The van der Waals surface area contributed by atoms with Crippen LogP contribution >= 0.6 is 0 Å². The Hall–Kier alpha value is -1.98. The first-order valence-electron chi connectivity index (χ1n) is 9.32. The second kappa shape index (κ2) is 7.50.